The molecule has 0 fully saturated rings. The lowest BCUT2D eigenvalue weighted by atomic mass is 10.1. The van der Waals surface area contributed by atoms with Crippen LogP contribution in [-0.2, 0) is 0 Å². The summed E-state index contributed by atoms with van der Waals surface area (Å²) < 4.78 is 47.9. The first-order chi connectivity index (χ1) is 10.4. The predicted molar refractivity (Wildman–Crippen MR) is 74.3 cm³/mol. The van der Waals surface area contributed by atoms with Crippen molar-refractivity contribution in [1.82, 2.24) is 4.90 Å². The number of hydrogen-bond acceptors (Lipinski definition) is 3. The van der Waals surface area contributed by atoms with Crippen molar-refractivity contribution in [2.75, 3.05) is 26.3 Å². The summed E-state index contributed by atoms with van der Waals surface area (Å²) >= 11 is 0. The average Bonchev–Trinajstić information content (AvgIpc) is 2.70. The second-order valence-electron chi connectivity index (χ2n) is 4.96. The molecule has 1 aromatic carbocycles. The van der Waals surface area contributed by atoms with E-state index >= 15 is 0 Å². The van der Waals surface area contributed by atoms with Gasteiger partial charge in [-0.2, -0.15) is 13.2 Å². The molecule has 7 heteroatoms. The molecule has 1 aromatic rings. The number of rotatable bonds is 4. The van der Waals surface area contributed by atoms with Crippen molar-refractivity contribution < 1.29 is 27.4 Å². The van der Waals surface area contributed by atoms with Crippen molar-refractivity contribution in [3.63, 3.8) is 0 Å². The van der Waals surface area contributed by atoms with Gasteiger partial charge in [-0.1, -0.05) is 0 Å². The first-order valence-corrected chi connectivity index (χ1v) is 7.16. The SMILES string of the molecule is CCN(CCC(F)(F)F)C(=O)c1ccc2c(c1)OCCCO2. The lowest BCUT2D eigenvalue weighted by molar-refractivity contribution is -0.136. The summed E-state index contributed by atoms with van der Waals surface area (Å²) in [6.07, 6.45) is -4.56. The minimum absolute atomic E-state index is 0.212. The fraction of sp³-hybridized carbons (Fsp3) is 0.533. The summed E-state index contributed by atoms with van der Waals surface area (Å²) in [7, 11) is 0. The first kappa shape index (κ1) is 16.5. The lowest BCUT2D eigenvalue weighted by Crippen LogP contribution is -2.34. The molecule has 0 saturated carbocycles. The molecule has 1 heterocycles. The number of carbonyl (C=O) groups is 1. The number of carbonyl (C=O) groups excluding carboxylic acids is 1. The van der Waals surface area contributed by atoms with E-state index in [0.29, 0.717) is 30.3 Å². The Bertz CT molecular complexity index is 531. The highest BCUT2D eigenvalue weighted by atomic mass is 19.4. The van der Waals surface area contributed by atoms with Crippen LogP contribution in [0.5, 0.6) is 11.5 Å². The smallest absolute Gasteiger partial charge is 0.390 e. The number of benzene rings is 1. The van der Waals surface area contributed by atoms with E-state index in [0.717, 1.165) is 6.42 Å². The molecule has 122 valence electrons. The average molecular weight is 317 g/mol. The van der Waals surface area contributed by atoms with E-state index in [2.05, 4.69) is 0 Å². The minimum atomic E-state index is -4.28. The molecule has 1 aliphatic heterocycles. The molecule has 0 bridgehead atoms. The molecular formula is C15H18F3NO3. The zero-order chi connectivity index (χ0) is 16.2. The van der Waals surface area contributed by atoms with Gasteiger partial charge in [-0.3, -0.25) is 4.79 Å². The second kappa shape index (κ2) is 6.89. The number of ether oxygens (including phenoxy) is 2. The summed E-state index contributed by atoms with van der Waals surface area (Å²) in [5, 5.41) is 0. The van der Waals surface area contributed by atoms with Crippen molar-refractivity contribution in [3.8, 4) is 11.5 Å². The first-order valence-electron chi connectivity index (χ1n) is 7.16. The predicted octanol–water partition coefficient (Wildman–Crippen LogP) is 3.26. The van der Waals surface area contributed by atoms with Crippen LogP contribution in [0.25, 0.3) is 0 Å². The summed E-state index contributed by atoms with van der Waals surface area (Å²) in [6, 6.07) is 4.69. The molecule has 0 spiro atoms. The largest absolute Gasteiger partial charge is 0.490 e. The van der Waals surface area contributed by atoms with Gasteiger partial charge in [0.15, 0.2) is 11.5 Å². The lowest BCUT2D eigenvalue weighted by Gasteiger charge is -2.22. The van der Waals surface area contributed by atoms with E-state index < -0.39 is 18.5 Å². The maximum absolute atomic E-state index is 12.3. The van der Waals surface area contributed by atoms with Gasteiger partial charge in [-0.25, -0.2) is 0 Å². The molecule has 1 amide bonds. The van der Waals surface area contributed by atoms with Crippen molar-refractivity contribution in [1.29, 1.82) is 0 Å². The van der Waals surface area contributed by atoms with Gasteiger partial charge in [0.2, 0.25) is 0 Å². The van der Waals surface area contributed by atoms with Gasteiger partial charge in [-0.05, 0) is 25.1 Å². The highest BCUT2D eigenvalue weighted by Crippen LogP contribution is 2.31. The Morgan fingerprint density at radius 3 is 2.55 bits per heavy atom. The Kier molecular flexibility index (Phi) is 5.15. The van der Waals surface area contributed by atoms with E-state index in [1.165, 1.54) is 11.0 Å². The molecule has 0 aromatic heterocycles. The highest BCUT2D eigenvalue weighted by molar-refractivity contribution is 5.95. The normalized spacial score (nSPS) is 14.4. The van der Waals surface area contributed by atoms with Gasteiger partial charge < -0.3 is 14.4 Å². The Morgan fingerprint density at radius 2 is 1.91 bits per heavy atom. The number of halogens is 3. The maximum Gasteiger partial charge on any atom is 0.390 e. The second-order valence-corrected chi connectivity index (χ2v) is 4.96. The molecule has 22 heavy (non-hydrogen) atoms. The molecule has 0 atom stereocenters. The maximum atomic E-state index is 12.3. The number of nitrogens with zero attached hydrogens (tertiary/aromatic N) is 1. The van der Waals surface area contributed by atoms with E-state index in [4.69, 9.17) is 9.47 Å². The van der Waals surface area contributed by atoms with Crippen molar-refractivity contribution in [2.45, 2.75) is 25.9 Å². The van der Waals surface area contributed by atoms with Crippen molar-refractivity contribution in [3.05, 3.63) is 23.8 Å². The molecule has 0 saturated heterocycles. The molecule has 2 rings (SSSR count). The standard InChI is InChI=1S/C15H18F3NO3/c1-2-19(7-6-15(16,17)18)14(20)11-4-5-12-13(10-11)22-9-3-8-21-12/h4-5,10H,2-3,6-9H2,1H3. The van der Waals surface area contributed by atoms with Gasteiger partial charge in [-0.15, -0.1) is 0 Å². The van der Waals surface area contributed by atoms with E-state index in [1.54, 1.807) is 19.1 Å². The quantitative estimate of drug-likeness (QED) is 0.855. The summed E-state index contributed by atoms with van der Waals surface area (Å²) in [5.74, 6) is 0.560. The fourth-order valence-electron chi connectivity index (χ4n) is 2.14. The van der Waals surface area contributed by atoms with Gasteiger partial charge in [0, 0.05) is 25.1 Å². The summed E-state index contributed by atoms with van der Waals surface area (Å²) in [4.78, 5) is 13.5. The van der Waals surface area contributed by atoms with Crippen LogP contribution in [0, 0.1) is 0 Å². The van der Waals surface area contributed by atoms with Gasteiger partial charge in [0.25, 0.3) is 5.91 Å². The van der Waals surface area contributed by atoms with Crippen LogP contribution in [0.3, 0.4) is 0 Å². The van der Waals surface area contributed by atoms with E-state index in [1.807, 2.05) is 0 Å². The van der Waals surface area contributed by atoms with E-state index in [9.17, 15) is 18.0 Å². The topological polar surface area (TPSA) is 38.8 Å². The van der Waals surface area contributed by atoms with Crippen LogP contribution in [0.15, 0.2) is 18.2 Å². The van der Waals surface area contributed by atoms with Crippen LogP contribution in [0.1, 0.15) is 30.1 Å². The molecule has 0 aliphatic carbocycles. The molecule has 0 unspecified atom stereocenters. The zero-order valence-corrected chi connectivity index (χ0v) is 12.3. The van der Waals surface area contributed by atoms with Crippen molar-refractivity contribution >= 4 is 5.91 Å². The van der Waals surface area contributed by atoms with Crippen LogP contribution in [0.4, 0.5) is 13.2 Å². The number of alkyl halides is 3. The monoisotopic (exact) mass is 317 g/mol. The third-order valence-corrected chi connectivity index (χ3v) is 3.33. The third-order valence-electron chi connectivity index (χ3n) is 3.33. The highest BCUT2D eigenvalue weighted by Gasteiger charge is 2.29. The minimum Gasteiger partial charge on any atom is -0.490 e. The Labute approximate surface area is 126 Å². The van der Waals surface area contributed by atoms with Crippen LogP contribution < -0.4 is 9.47 Å². The molecule has 1 aliphatic rings. The van der Waals surface area contributed by atoms with Gasteiger partial charge in [0.1, 0.15) is 0 Å². The number of amides is 1. The summed E-state index contributed by atoms with van der Waals surface area (Å²) in [5.41, 5.74) is 0.299. The van der Waals surface area contributed by atoms with E-state index in [-0.39, 0.29) is 13.1 Å². The molecule has 0 radical (unpaired) electrons. The van der Waals surface area contributed by atoms with Crippen LogP contribution in [0.2, 0.25) is 0 Å². The van der Waals surface area contributed by atoms with Crippen molar-refractivity contribution in [2.24, 2.45) is 0 Å². The third kappa shape index (κ3) is 4.29. The van der Waals surface area contributed by atoms with Crippen LogP contribution in [-0.4, -0.2) is 43.3 Å². The number of hydrogen-bond donors (Lipinski definition) is 0. The zero-order valence-electron chi connectivity index (χ0n) is 12.3. The summed E-state index contributed by atoms with van der Waals surface area (Å²) in [6.45, 7) is 2.52. The Balaban J connectivity index is 2.12. The Hall–Kier alpha value is -1.92. The number of fused-ring (bicyclic) bond motifs is 1. The van der Waals surface area contributed by atoms with Gasteiger partial charge >= 0.3 is 6.18 Å². The molecular weight excluding hydrogens is 299 g/mol. The fourth-order valence-corrected chi connectivity index (χ4v) is 2.14. The van der Waals surface area contributed by atoms with Crippen LogP contribution >= 0.6 is 0 Å². The molecule has 0 N–H and O–H groups in total. The molecule has 4 nitrogen and oxygen atoms in total. The Morgan fingerprint density at radius 1 is 1.23 bits per heavy atom. The van der Waals surface area contributed by atoms with Gasteiger partial charge in [0.05, 0.1) is 19.6 Å².